The third kappa shape index (κ3) is 4.10. The minimum absolute atomic E-state index is 0.616. The molecule has 0 bridgehead atoms. The van der Waals surface area contributed by atoms with E-state index in [1.807, 2.05) is 42.7 Å². The van der Waals surface area contributed by atoms with Crippen LogP contribution in [0.25, 0.3) is 90.1 Å². The normalized spacial score (nSPS) is 11.9. The van der Waals surface area contributed by atoms with E-state index in [2.05, 4.69) is 83.4 Å². The molecule has 0 radical (unpaired) electrons. The van der Waals surface area contributed by atoms with Gasteiger partial charge in [0.05, 0.1) is 41.7 Å². The zero-order valence-electron chi connectivity index (χ0n) is 24.0. The molecule has 9 heteroatoms. The molecule has 46 heavy (non-hydrogen) atoms. The Morgan fingerprint density at radius 1 is 0.435 bits per heavy atom. The van der Waals surface area contributed by atoms with E-state index < -0.39 is 0 Å². The molecule has 0 atom stereocenters. The average Bonchev–Trinajstić information content (AvgIpc) is 3.90. The summed E-state index contributed by atoms with van der Waals surface area (Å²) in [5, 5.41) is 5.16. The van der Waals surface area contributed by atoms with Crippen LogP contribution < -0.4 is 0 Å². The van der Waals surface area contributed by atoms with Gasteiger partial charge in [-0.2, -0.15) is 0 Å². The largest absolute Gasteiger partial charge is 0.278 e. The maximum absolute atomic E-state index is 4.95. The molecule has 0 aliphatic heterocycles. The van der Waals surface area contributed by atoms with Crippen molar-refractivity contribution in [2.24, 2.45) is 0 Å². The number of thiazole rings is 3. The second-order valence-electron chi connectivity index (χ2n) is 11.0. The highest BCUT2D eigenvalue weighted by atomic mass is 32.1. The molecule has 0 unspecified atom stereocenters. The van der Waals surface area contributed by atoms with Crippen LogP contribution in [0.4, 0.5) is 0 Å². The summed E-state index contributed by atoms with van der Waals surface area (Å²) in [6, 6.07) is 37.9. The van der Waals surface area contributed by atoms with Crippen molar-refractivity contribution in [3.63, 3.8) is 0 Å². The van der Waals surface area contributed by atoms with E-state index in [9.17, 15) is 0 Å². The van der Waals surface area contributed by atoms with E-state index in [4.69, 9.17) is 24.9 Å². The minimum atomic E-state index is 0.616. The van der Waals surface area contributed by atoms with Gasteiger partial charge in [-0.25, -0.2) is 24.9 Å². The molecule has 0 aliphatic rings. The molecular formula is C37H20N6S3. The van der Waals surface area contributed by atoms with Crippen LogP contribution >= 0.6 is 34.0 Å². The van der Waals surface area contributed by atoms with Crippen molar-refractivity contribution >= 4 is 86.5 Å². The first-order valence-electron chi connectivity index (χ1n) is 14.7. The number of hydrogen-bond acceptors (Lipinski definition) is 8. The zero-order valence-corrected chi connectivity index (χ0v) is 26.4. The molecule has 0 aliphatic carbocycles. The molecule has 0 spiro atoms. The van der Waals surface area contributed by atoms with Gasteiger partial charge in [-0.05, 0) is 72.8 Å². The van der Waals surface area contributed by atoms with Gasteiger partial charge in [0.25, 0.3) is 0 Å². The maximum atomic E-state index is 4.95. The highest BCUT2D eigenvalue weighted by molar-refractivity contribution is 7.22. The Hall–Kier alpha value is -5.35. The molecule has 10 rings (SSSR count). The topological polar surface area (TPSA) is 69.4 Å². The molecule has 0 saturated carbocycles. The van der Waals surface area contributed by atoms with Gasteiger partial charge in [0.1, 0.15) is 15.0 Å². The number of hydrogen-bond donors (Lipinski definition) is 0. The first-order chi connectivity index (χ1) is 22.7. The predicted molar refractivity (Wildman–Crippen MR) is 192 cm³/mol. The van der Waals surface area contributed by atoms with Gasteiger partial charge in [-0.3, -0.25) is 4.57 Å². The number of fused-ring (bicyclic) bond motifs is 6. The molecule has 5 heterocycles. The smallest absolute Gasteiger partial charge is 0.234 e. The first kappa shape index (κ1) is 25.9. The standard InChI is InChI=1S/C37H20N6S3/c1-4-10-31-26(7-1)40-34(44-31)21-13-15-29-24(17-21)25-18-22(35-41-27-8-2-5-11-32(27)45-35)14-16-30(25)43(29)37-38-19-23(20-39-37)36-42-28-9-3-6-12-33(28)46-36/h1-20H. The fourth-order valence-electron chi connectivity index (χ4n) is 6.04. The van der Waals surface area contributed by atoms with Gasteiger partial charge in [0.2, 0.25) is 5.95 Å². The molecule has 0 amide bonds. The lowest BCUT2D eigenvalue weighted by Crippen LogP contribution is -2.00. The average molecular weight is 645 g/mol. The van der Waals surface area contributed by atoms with E-state index in [1.54, 1.807) is 34.0 Å². The predicted octanol–water partition coefficient (Wildman–Crippen LogP) is 10.4. The molecule has 0 fully saturated rings. The SMILES string of the molecule is c1ccc2sc(-c3cnc(-n4c5ccc(-c6nc7ccccc7s6)cc5c5cc(-c6nc7ccccc7s6)ccc54)nc3)nc2c1. The van der Waals surface area contributed by atoms with Crippen molar-refractivity contribution in [1.82, 2.24) is 29.5 Å². The van der Waals surface area contributed by atoms with E-state index >= 15 is 0 Å². The Balaban J connectivity index is 1.16. The van der Waals surface area contributed by atoms with Crippen LogP contribution in [0, 0.1) is 0 Å². The number of benzene rings is 5. The Morgan fingerprint density at radius 3 is 1.28 bits per heavy atom. The lowest BCUT2D eigenvalue weighted by molar-refractivity contribution is 0.990. The summed E-state index contributed by atoms with van der Waals surface area (Å²) < 4.78 is 5.66. The van der Waals surface area contributed by atoms with Crippen molar-refractivity contribution in [1.29, 1.82) is 0 Å². The summed E-state index contributed by atoms with van der Waals surface area (Å²) in [5.41, 5.74) is 8.18. The Bertz CT molecular complexity index is 2540. The van der Waals surface area contributed by atoms with Crippen molar-refractivity contribution in [2.45, 2.75) is 0 Å². The Morgan fingerprint density at radius 2 is 0.848 bits per heavy atom. The minimum Gasteiger partial charge on any atom is -0.278 e. The van der Waals surface area contributed by atoms with Gasteiger partial charge in [-0.15, -0.1) is 34.0 Å². The van der Waals surface area contributed by atoms with Gasteiger partial charge in [-0.1, -0.05) is 36.4 Å². The summed E-state index contributed by atoms with van der Waals surface area (Å²) in [6.45, 7) is 0. The molecule has 216 valence electrons. The van der Waals surface area contributed by atoms with E-state index in [-0.39, 0.29) is 0 Å². The van der Waals surface area contributed by atoms with Crippen LogP contribution in [0.3, 0.4) is 0 Å². The van der Waals surface area contributed by atoms with E-state index in [0.717, 1.165) is 74.8 Å². The molecule has 5 aromatic carbocycles. The lowest BCUT2D eigenvalue weighted by atomic mass is 10.1. The van der Waals surface area contributed by atoms with Crippen LogP contribution in [0.2, 0.25) is 0 Å². The molecule has 5 aromatic heterocycles. The molecule has 0 saturated heterocycles. The van der Waals surface area contributed by atoms with Crippen LogP contribution in [0.5, 0.6) is 0 Å². The fourth-order valence-corrected chi connectivity index (χ4v) is 8.90. The zero-order chi connectivity index (χ0) is 30.2. The van der Waals surface area contributed by atoms with Gasteiger partial charge in [0.15, 0.2) is 0 Å². The molecule has 6 nitrogen and oxygen atoms in total. The fraction of sp³-hybridized carbons (Fsp3) is 0. The lowest BCUT2D eigenvalue weighted by Gasteiger charge is -2.07. The van der Waals surface area contributed by atoms with Crippen LogP contribution in [-0.2, 0) is 0 Å². The maximum Gasteiger partial charge on any atom is 0.234 e. The highest BCUT2D eigenvalue weighted by Gasteiger charge is 2.18. The van der Waals surface area contributed by atoms with Crippen molar-refractivity contribution in [2.75, 3.05) is 0 Å². The van der Waals surface area contributed by atoms with Gasteiger partial charge in [0, 0.05) is 39.9 Å². The molecule has 0 N–H and O–H groups in total. The quantitative estimate of drug-likeness (QED) is 0.191. The second-order valence-corrected chi connectivity index (χ2v) is 14.1. The third-order valence-electron chi connectivity index (χ3n) is 8.23. The van der Waals surface area contributed by atoms with Crippen LogP contribution in [-0.4, -0.2) is 29.5 Å². The Kier molecular flexibility index (Phi) is 5.68. The molecule has 10 aromatic rings. The summed E-state index contributed by atoms with van der Waals surface area (Å²) >= 11 is 5.08. The van der Waals surface area contributed by atoms with Crippen molar-refractivity contribution in [3.05, 3.63) is 122 Å². The number of aromatic nitrogens is 6. The van der Waals surface area contributed by atoms with Crippen LogP contribution in [0.1, 0.15) is 0 Å². The number of rotatable bonds is 4. The summed E-state index contributed by atoms with van der Waals surface area (Å²) in [7, 11) is 0. The monoisotopic (exact) mass is 644 g/mol. The van der Waals surface area contributed by atoms with Crippen molar-refractivity contribution < 1.29 is 0 Å². The van der Waals surface area contributed by atoms with E-state index in [0.29, 0.717) is 5.95 Å². The van der Waals surface area contributed by atoms with Gasteiger partial charge >= 0.3 is 0 Å². The summed E-state index contributed by atoms with van der Waals surface area (Å²) in [5.74, 6) is 0.616. The molecular weight excluding hydrogens is 625 g/mol. The summed E-state index contributed by atoms with van der Waals surface area (Å²) in [6.07, 6.45) is 3.76. The van der Waals surface area contributed by atoms with Crippen LogP contribution in [0.15, 0.2) is 122 Å². The third-order valence-corrected chi connectivity index (χ3v) is 11.5. The highest BCUT2D eigenvalue weighted by Crippen LogP contribution is 2.39. The van der Waals surface area contributed by atoms with E-state index in [1.165, 1.54) is 9.40 Å². The summed E-state index contributed by atoms with van der Waals surface area (Å²) in [4.78, 5) is 24.5. The van der Waals surface area contributed by atoms with Gasteiger partial charge < -0.3 is 0 Å². The Labute approximate surface area is 274 Å². The second kappa shape index (κ2) is 10.1. The number of nitrogens with zero attached hydrogens (tertiary/aromatic N) is 6. The van der Waals surface area contributed by atoms with Crippen molar-refractivity contribution in [3.8, 4) is 37.7 Å². The number of para-hydroxylation sites is 3. The first-order valence-corrected chi connectivity index (χ1v) is 17.2.